The number of rotatable bonds is 3. The summed E-state index contributed by atoms with van der Waals surface area (Å²) >= 11 is 0. The number of ether oxygens (including phenoxy) is 2. The minimum Gasteiger partial charge on any atom is -0.457 e. The molecule has 0 spiro atoms. The molecule has 0 unspecified atom stereocenters. The molecule has 1 amide bonds. The molecule has 1 aliphatic heterocycles. The minimum absolute atomic E-state index is 0.294. The lowest BCUT2D eigenvalue weighted by molar-refractivity contribution is -0.104. The van der Waals surface area contributed by atoms with Crippen LogP contribution in [0.3, 0.4) is 0 Å². The maximum absolute atomic E-state index is 13.8. The van der Waals surface area contributed by atoms with E-state index in [1.807, 2.05) is 18.2 Å². The van der Waals surface area contributed by atoms with Crippen LogP contribution in [-0.4, -0.2) is 18.6 Å². The van der Waals surface area contributed by atoms with Crippen molar-refractivity contribution in [3.63, 3.8) is 0 Å². The summed E-state index contributed by atoms with van der Waals surface area (Å²) in [6, 6.07) is 13.9. The SMILES string of the molecule is O=C1N[C@@H](c2ccc(Oc3ccccc3)cc2)C(F)(F)CO1. The second-order valence-electron chi connectivity index (χ2n) is 4.90. The van der Waals surface area contributed by atoms with Gasteiger partial charge in [-0.2, -0.15) is 0 Å². The molecule has 1 N–H and O–H groups in total. The van der Waals surface area contributed by atoms with Gasteiger partial charge in [-0.3, -0.25) is 0 Å². The van der Waals surface area contributed by atoms with Crippen LogP contribution in [-0.2, 0) is 4.74 Å². The van der Waals surface area contributed by atoms with Crippen LogP contribution in [0.1, 0.15) is 11.6 Å². The summed E-state index contributed by atoms with van der Waals surface area (Å²) in [7, 11) is 0. The van der Waals surface area contributed by atoms with Crippen molar-refractivity contribution in [3.8, 4) is 11.5 Å². The summed E-state index contributed by atoms with van der Waals surface area (Å²) in [4.78, 5) is 11.2. The van der Waals surface area contributed by atoms with E-state index in [1.165, 1.54) is 12.1 Å². The van der Waals surface area contributed by atoms with Crippen molar-refractivity contribution in [2.45, 2.75) is 12.0 Å². The average Bonchev–Trinajstić information content (AvgIpc) is 2.52. The molecule has 1 fully saturated rings. The number of nitrogens with one attached hydrogen (secondary N) is 1. The molecule has 6 heteroatoms. The summed E-state index contributed by atoms with van der Waals surface area (Å²) in [6.45, 7) is -0.925. The maximum Gasteiger partial charge on any atom is 0.408 e. The van der Waals surface area contributed by atoms with Gasteiger partial charge in [-0.25, -0.2) is 13.6 Å². The molecule has 1 aliphatic rings. The Labute approximate surface area is 125 Å². The molecule has 0 bridgehead atoms. The number of halogens is 2. The molecule has 0 radical (unpaired) electrons. The topological polar surface area (TPSA) is 47.6 Å². The van der Waals surface area contributed by atoms with E-state index in [0.717, 1.165) is 0 Å². The largest absolute Gasteiger partial charge is 0.457 e. The number of cyclic esters (lactones) is 1. The predicted octanol–water partition coefficient (Wildman–Crippen LogP) is 3.90. The van der Waals surface area contributed by atoms with Crippen molar-refractivity contribution < 1.29 is 23.0 Å². The molecule has 2 aromatic carbocycles. The zero-order valence-electron chi connectivity index (χ0n) is 11.5. The predicted molar refractivity (Wildman–Crippen MR) is 75.1 cm³/mol. The average molecular weight is 305 g/mol. The Bertz CT molecular complexity index is 659. The van der Waals surface area contributed by atoms with Gasteiger partial charge < -0.3 is 14.8 Å². The number of hydrogen-bond acceptors (Lipinski definition) is 3. The van der Waals surface area contributed by atoms with Crippen LogP contribution in [0.5, 0.6) is 11.5 Å². The quantitative estimate of drug-likeness (QED) is 0.935. The van der Waals surface area contributed by atoms with Crippen molar-refractivity contribution in [1.82, 2.24) is 5.32 Å². The van der Waals surface area contributed by atoms with Gasteiger partial charge in [-0.15, -0.1) is 0 Å². The zero-order chi connectivity index (χ0) is 15.6. The molecule has 0 aromatic heterocycles. The highest BCUT2D eigenvalue weighted by Crippen LogP contribution is 2.35. The molecule has 1 atom stereocenters. The molecule has 1 saturated heterocycles. The van der Waals surface area contributed by atoms with Crippen LogP contribution in [0.15, 0.2) is 54.6 Å². The van der Waals surface area contributed by atoms with E-state index in [2.05, 4.69) is 10.1 Å². The van der Waals surface area contributed by atoms with Crippen molar-refractivity contribution in [3.05, 3.63) is 60.2 Å². The van der Waals surface area contributed by atoms with Crippen molar-refractivity contribution >= 4 is 6.09 Å². The van der Waals surface area contributed by atoms with Crippen LogP contribution >= 0.6 is 0 Å². The molecule has 114 valence electrons. The Morgan fingerprint density at radius 1 is 1.05 bits per heavy atom. The van der Waals surface area contributed by atoms with E-state index in [9.17, 15) is 13.6 Å². The number of benzene rings is 2. The lowest BCUT2D eigenvalue weighted by atomic mass is 10.00. The van der Waals surface area contributed by atoms with Gasteiger partial charge in [0.05, 0.1) is 0 Å². The van der Waals surface area contributed by atoms with Crippen LogP contribution in [0.2, 0.25) is 0 Å². The minimum atomic E-state index is -3.16. The molecule has 1 heterocycles. The van der Waals surface area contributed by atoms with E-state index < -0.39 is 24.7 Å². The van der Waals surface area contributed by atoms with E-state index >= 15 is 0 Å². The van der Waals surface area contributed by atoms with Gasteiger partial charge in [0.1, 0.15) is 17.5 Å². The van der Waals surface area contributed by atoms with Gasteiger partial charge >= 0.3 is 12.0 Å². The summed E-state index contributed by atoms with van der Waals surface area (Å²) in [5, 5.41) is 2.14. The van der Waals surface area contributed by atoms with Crippen LogP contribution in [0.4, 0.5) is 13.6 Å². The van der Waals surface area contributed by atoms with Gasteiger partial charge in [-0.1, -0.05) is 30.3 Å². The summed E-state index contributed by atoms with van der Waals surface area (Å²) in [6.07, 6.45) is -0.847. The summed E-state index contributed by atoms with van der Waals surface area (Å²) in [5.74, 6) is -1.98. The van der Waals surface area contributed by atoms with Gasteiger partial charge in [-0.05, 0) is 29.8 Å². The van der Waals surface area contributed by atoms with Crippen molar-refractivity contribution in [1.29, 1.82) is 0 Å². The van der Waals surface area contributed by atoms with Crippen LogP contribution < -0.4 is 10.1 Å². The number of alkyl carbamates (subject to hydrolysis) is 1. The molecule has 3 rings (SSSR count). The Morgan fingerprint density at radius 2 is 1.68 bits per heavy atom. The monoisotopic (exact) mass is 305 g/mol. The molecule has 0 saturated carbocycles. The second-order valence-corrected chi connectivity index (χ2v) is 4.90. The van der Waals surface area contributed by atoms with E-state index in [-0.39, 0.29) is 0 Å². The number of carbonyl (C=O) groups is 1. The van der Waals surface area contributed by atoms with E-state index in [4.69, 9.17) is 4.74 Å². The van der Waals surface area contributed by atoms with Gasteiger partial charge in [0.15, 0.2) is 6.61 Å². The third-order valence-electron chi connectivity index (χ3n) is 3.27. The first-order valence-electron chi connectivity index (χ1n) is 6.68. The number of hydrogen-bond donors (Lipinski definition) is 1. The first kappa shape index (κ1) is 14.3. The maximum atomic E-state index is 13.8. The van der Waals surface area contributed by atoms with Crippen molar-refractivity contribution in [2.75, 3.05) is 6.61 Å². The van der Waals surface area contributed by atoms with Gasteiger partial charge in [0.2, 0.25) is 0 Å². The highest BCUT2D eigenvalue weighted by atomic mass is 19.3. The number of para-hydroxylation sites is 1. The fourth-order valence-corrected chi connectivity index (χ4v) is 2.19. The Kier molecular flexibility index (Phi) is 3.66. The highest BCUT2D eigenvalue weighted by Gasteiger charge is 2.46. The first-order valence-corrected chi connectivity index (χ1v) is 6.68. The fraction of sp³-hybridized carbons (Fsp3) is 0.188. The lowest BCUT2D eigenvalue weighted by Gasteiger charge is -2.31. The zero-order valence-corrected chi connectivity index (χ0v) is 11.5. The molecule has 2 aromatic rings. The lowest BCUT2D eigenvalue weighted by Crippen LogP contribution is -2.49. The molecular weight excluding hydrogens is 292 g/mol. The summed E-state index contributed by atoms with van der Waals surface area (Å²) < 4.78 is 37.5. The Morgan fingerprint density at radius 3 is 2.36 bits per heavy atom. The Balaban J connectivity index is 1.77. The number of alkyl halides is 2. The van der Waals surface area contributed by atoms with Crippen LogP contribution in [0, 0.1) is 0 Å². The number of amides is 1. The van der Waals surface area contributed by atoms with E-state index in [1.54, 1.807) is 24.3 Å². The molecular formula is C16H13F2NO3. The Hall–Kier alpha value is -2.63. The van der Waals surface area contributed by atoms with Crippen molar-refractivity contribution in [2.24, 2.45) is 0 Å². The highest BCUT2D eigenvalue weighted by molar-refractivity contribution is 5.69. The third-order valence-corrected chi connectivity index (χ3v) is 3.27. The van der Waals surface area contributed by atoms with E-state index in [0.29, 0.717) is 17.1 Å². The third kappa shape index (κ3) is 3.00. The smallest absolute Gasteiger partial charge is 0.408 e. The number of carbonyl (C=O) groups excluding carboxylic acids is 1. The first-order chi connectivity index (χ1) is 10.5. The van der Waals surface area contributed by atoms with Crippen LogP contribution in [0.25, 0.3) is 0 Å². The summed E-state index contributed by atoms with van der Waals surface area (Å²) in [5.41, 5.74) is 0.294. The fourth-order valence-electron chi connectivity index (χ4n) is 2.19. The standard InChI is InChI=1S/C16H13F2NO3/c17-16(18)10-21-15(20)19-14(16)11-6-8-13(9-7-11)22-12-4-2-1-3-5-12/h1-9,14H,10H2,(H,19,20)/t14-/m0/s1. The van der Waals surface area contributed by atoms with Gasteiger partial charge in [0, 0.05) is 0 Å². The second kappa shape index (κ2) is 5.63. The normalized spacial score (nSPS) is 19.9. The molecule has 4 nitrogen and oxygen atoms in total. The molecule has 22 heavy (non-hydrogen) atoms. The van der Waals surface area contributed by atoms with Gasteiger partial charge in [0.25, 0.3) is 0 Å². The molecule has 0 aliphatic carbocycles.